The molecule has 2 fully saturated rings. The van der Waals surface area contributed by atoms with Gasteiger partial charge in [-0.3, -0.25) is 0 Å². The molecule has 0 aromatic heterocycles. The fourth-order valence-electron chi connectivity index (χ4n) is 3.44. The molecule has 0 heterocycles. The van der Waals surface area contributed by atoms with E-state index in [9.17, 15) is 4.79 Å². The molecule has 0 aliphatic heterocycles. The van der Waals surface area contributed by atoms with Gasteiger partial charge in [-0.1, -0.05) is 39.2 Å². The molecule has 2 rings (SSSR count). The van der Waals surface area contributed by atoms with Crippen LogP contribution in [0, 0.1) is 5.92 Å². The minimum Gasteiger partial charge on any atom is -0.476 e. The molecule has 0 aromatic carbocycles. The van der Waals surface area contributed by atoms with Crippen LogP contribution in [0.5, 0.6) is 0 Å². The molecule has 0 atom stereocenters. The molecule has 0 N–H and O–H groups in total. The van der Waals surface area contributed by atoms with Crippen LogP contribution in [0.2, 0.25) is 0 Å². The zero-order valence-corrected chi connectivity index (χ0v) is 14.2. The molecule has 2 aliphatic rings. The number of rotatable bonds is 8. The lowest BCUT2D eigenvalue weighted by Crippen LogP contribution is -2.28. The van der Waals surface area contributed by atoms with Crippen molar-refractivity contribution in [3.8, 4) is 0 Å². The zero-order chi connectivity index (χ0) is 16.0. The molecular formula is C19H30O3. The molecule has 3 heteroatoms. The Morgan fingerprint density at radius 3 is 2.45 bits per heavy atom. The van der Waals surface area contributed by atoms with Crippen molar-refractivity contribution < 1.29 is 14.3 Å². The molecule has 0 bridgehead atoms. The summed E-state index contributed by atoms with van der Waals surface area (Å²) < 4.78 is 11.1. The van der Waals surface area contributed by atoms with Crippen LogP contribution in [-0.4, -0.2) is 18.7 Å². The van der Waals surface area contributed by atoms with Crippen molar-refractivity contribution >= 4 is 5.97 Å². The Morgan fingerprint density at radius 1 is 1.27 bits per heavy atom. The highest BCUT2D eigenvalue weighted by Gasteiger charge is 2.54. The molecule has 0 unspecified atom stereocenters. The number of carbonyl (C=O) groups is 1. The molecule has 22 heavy (non-hydrogen) atoms. The highest BCUT2D eigenvalue weighted by atomic mass is 16.6. The normalized spacial score (nSPS) is 21.7. The van der Waals surface area contributed by atoms with E-state index in [0.29, 0.717) is 5.92 Å². The van der Waals surface area contributed by atoms with Gasteiger partial charge >= 0.3 is 5.97 Å². The molecular weight excluding hydrogens is 276 g/mol. The van der Waals surface area contributed by atoms with Crippen molar-refractivity contribution in [3.63, 3.8) is 0 Å². The number of methoxy groups -OCH3 is 1. The summed E-state index contributed by atoms with van der Waals surface area (Å²) in [5.74, 6) is 1.20. The zero-order valence-electron chi connectivity index (χ0n) is 14.2. The van der Waals surface area contributed by atoms with Gasteiger partial charge in [-0.05, 0) is 43.3 Å². The second kappa shape index (κ2) is 7.85. The standard InChI is InChI=1S/C19H30O3/c1-4-6-12-16(15-10-8-7-9-11-15)17(5-2)22-19(13-14-19)18(20)21-3/h5,15H,2,4,6-14H2,1,3H3/b17-16-. The maximum Gasteiger partial charge on any atom is 0.350 e. The number of ether oxygens (including phenoxy) is 2. The van der Waals surface area contributed by atoms with Gasteiger partial charge < -0.3 is 9.47 Å². The van der Waals surface area contributed by atoms with Gasteiger partial charge in [0.1, 0.15) is 5.76 Å². The quantitative estimate of drug-likeness (QED) is 0.363. The first-order valence-electron chi connectivity index (χ1n) is 8.79. The summed E-state index contributed by atoms with van der Waals surface area (Å²) in [5.41, 5.74) is 0.649. The average molecular weight is 306 g/mol. The van der Waals surface area contributed by atoms with Crippen molar-refractivity contribution in [1.82, 2.24) is 0 Å². The lowest BCUT2D eigenvalue weighted by Gasteiger charge is -2.28. The summed E-state index contributed by atoms with van der Waals surface area (Å²) in [4.78, 5) is 12.0. The third-order valence-electron chi connectivity index (χ3n) is 4.97. The Labute approximate surface area is 134 Å². The van der Waals surface area contributed by atoms with Crippen LogP contribution in [0.1, 0.15) is 71.1 Å². The van der Waals surface area contributed by atoms with Crippen molar-refractivity contribution in [2.24, 2.45) is 5.92 Å². The number of unbranched alkanes of at least 4 members (excludes halogenated alkanes) is 1. The van der Waals surface area contributed by atoms with E-state index >= 15 is 0 Å². The van der Waals surface area contributed by atoms with Crippen LogP contribution < -0.4 is 0 Å². The number of hydrogen-bond acceptors (Lipinski definition) is 3. The van der Waals surface area contributed by atoms with Gasteiger partial charge in [0.15, 0.2) is 0 Å². The molecule has 0 spiro atoms. The van der Waals surface area contributed by atoms with E-state index in [4.69, 9.17) is 9.47 Å². The maximum atomic E-state index is 12.0. The molecule has 3 nitrogen and oxygen atoms in total. The first-order valence-corrected chi connectivity index (χ1v) is 8.79. The summed E-state index contributed by atoms with van der Waals surface area (Å²) in [7, 11) is 1.43. The predicted molar refractivity (Wildman–Crippen MR) is 88.4 cm³/mol. The Morgan fingerprint density at radius 2 is 1.95 bits per heavy atom. The highest BCUT2D eigenvalue weighted by molar-refractivity contribution is 5.83. The van der Waals surface area contributed by atoms with Crippen LogP contribution >= 0.6 is 0 Å². The molecule has 124 valence electrons. The van der Waals surface area contributed by atoms with E-state index in [-0.39, 0.29) is 5.97 Å². The first-order chi connectivity index (χ1) is 10.7. The van der Waals surface area contributed by atoms with Crippen LogP contribution in [0.15, 0.2) is 24.0 Å². The van der Waals surface area contributed by atoms with Crippen LogP contribution in [0.4, 0.5) is 0 Å². The Balaban J connectivity index is 2.19. The van der Waals surface area contributed by atoms with Gasteiger partial charge in [0.05, 0.1) is 7.11 Å². The lowest BCUT2D eigenvalue weighted by atomic mass is 9.81. The van der Waals surface area contributed by atoms with E-state index in [1.807, 2.05) is 6.08 Å². The van der Waals surface area contributed by atoms with E-state index in [2.05, 4.69) is 13.5 Å². The van der Waals surface area contributed by atoms with E-state index in [0.717, 1.165) is 31.4 Å². The Kier molecular flexibility index (Phi) is 6.10. The highest BCUT2D eigenvalue weighted by Crippen LogP contribution is 2.44. The molecule has 2 aliphatic carbocycles. The summed E-state index contributed by atoms with van der Waals surface area (Å²) in [5, 5.41) is 0. The second-order valence-corrected chi connectivity index (χ2v) is 6.62. The monoisotopic (exact) mass is 306 g/mol. The van der Waals surface area contributed by atoms with Crippen LogP contribution in [-0.2, 0) is 14.3 Å². The summed E-state index contributed by atoms with van der Waals surface area (Å²) in [6.45, 7) is 6.16. The van der Waals surface area contributed by atoms with E-state index in [1.54, 1.807) is 0 Å². The van der Waals surface area contributed by atoms with Gasteiger partial charge in [-0.2, -0.15) is 0 Å². The largest absolute Gasteiger partial charge is 0.476 e. The Hall–Kier alpha value is -1.25. The molecule has 0 saturated heterocycles. The third kappa shape index (κ3) is 3.93. The van der Waals surface area contributed by atoms with Crippen molar-refractivity contribution in [2.45, 2.75) is 76.7 Å². The summed E-state index contributed by atoms with van der Waals surface area (Å²) >= 11 is 0. The summed E-state index contributed by atoms with van der Waals surface area (Å²) in [6, 6.07) is 0. The van der Waals surface area contributed by atoms with E-state index in [1.165, 1.54) is 51.2 Å². The number of carbonyl (C=O) groups excluding carboxylic acids is 1. The van der Waals surface area contributed by atoms with Crippen LogP contribution in [0.3, 0.4) is 0 Å². The Bertz CT molecular complexity index is 426. The van der Waals surface area contributed by atoms with Crippen LogP contribution in [0.25, 0.3) is 0 Å². The average Bonchev–Trinajstić information content (AvgIpc) is 3.35. The number of allylic oxidation sites excluding steroid dienone is 2. The topological polar surface area (TPSA) is 35.5 Å². The minimum atomic E-state index is -0.732. The molecule has 2 saturated carbocycles. The predicted octanol–water partition coefficient (Wildman–Crippen LogP) is 4.92. The van der Waals surface area contributed by atoms with Gasteiger partial charge in [-0.25, -0.2) is 4.79 Å². The first kappa shape index (κ1) is 17.1. The summed E-state index contributed by atoms with van der Waals surface area (Å²) in [6.07, 6.45) is 13.1. The fraction of sp³-hybridized carbons (Fsp3) is 0.737. The van der Waals surface area contributed by atoms with Gasteiger partial charge in [0, 0.05) is 12.8 Å². The number of hydrogen-bond donors (Lipinski definition) is 0. The van der Waals surface area contributed by atoms with Crippen molar-refractivity contribution in [3.05, 3.63) is 24.0 Å². The van der Waals surface area contributed by atoms with Gasteiger partial charge in [0.25, 0.3) is 0 Å². The fourth-order valence-corrected chi connectivity index (χ4v) is 3.44. The van der Waals surface area contributed by atoms with Gasteiger partial charge in [0.2, 0.25) is 5.60 Å². The lowest BCUT2D eigenvalue weighted by molar-refractivity contribution is -0.154. The number of esters is 1. The van der Waals surface area contributed by atoms with Crippen molar-refractivity contribution in [1.29, 1.82) is 0 Å². The maximum absolute atomic E-state index is 12.0. The van der Waals surface area contributed by atoms with Gasteiger partial charge in [-0.15, -0.1) is 0 Å². The molecule has 0 radical (unpaired) electrons. The third-order valence-corrected chi connectivity index (χ3v) is 4.97. The smallest absolute Gasteiger partial charge is 0.350 e. The second-order valence-electron chi connectivity index (χ2n) is 6.62. The molecule has 0 amide bonds. The van der Waals surface area contributed by atoms with Crippen molar-refractivity contribution in [2.75, 3.05) is 7.11 Å². The van der Waals surface area contributed by atoms with E-state index < -0.39 is 5.60 Å². The minimum absolute atomic E-state index is 0.245. The SMILES string of the molecule is C=C/C(OC1(C(=O)OC)CC1)=C(\CCCC)C1CCCCC1. The molecule has 0 aromatic rings.